The summed E-state index contributed by atoms with van der Waals surface area (Å²) in [6, 6.07) is 11.9. The Balaban J connectivity index is 1.89. The molecule has 108 valence electrons. The molecule has 4 nitrogen and oxygen atoms in total. The third-order valence-electron chi connectivity index (χ3n) is 4.08. The lowest BCUT2D eigenvalue weighted by Gasteiger charge is -2.31. The van der Waals surface area contributed by atoms with E-state index in [-0.39, 0.29) is 5.91 Å². The molecule has 0 aromatic heterocycles. The number of amides is 1. The molecule has 0 atom stereocenters. The van der Waals surface area contributed by atoms with Crippen molar-refractivity contribution >= 4 is 17.3 Å². The average Bonchev–Trinajstić information content (AvgIpc) is 2.46. The molecule has 1 heterocycles. The number of aryl methyl sites for hydroxylation is 1. The van der Waals surface area contributed by atoms with Crippen LogP contribution >= 0.6 is 0 Å². The van der Waals surface area contributed by atoms with Crippen LogP contribution in [-0.4, -0.2) is 12.5 Å². The topological polar surface area (TPSA) is 72.3 Å². The fourth-order valence-corrected chi connectivity index (χ4v) is 2.92. The van der Waals surface area contributed by atoms with Crippen molar-refractivity contribution in [2.45, 2.75) is 19.9 Å². The summed E-state index contributed by atoms with van der Waals surface area (Å²) in [5, 5.41) is 0. The zero-order valence-corrected chi connectivity index (χ0v) is 12.1. The molecule has 0 spiro atoms. The van der Waals surface area contributed by atoms with Gasteiger partial charge in [-0.1, -0.05) is 6.07 Å². The molecule has 0 bridgehead atoms. The van der Waals surface area contributed by atoms with Gasteiger partial charge in [-0.2, -0.15) is 0 Å². The lowest BCUT2D eigenvalue weighted by atomic mass is 9.98. The molecule has 0 radical (unpaired) electrons. The van der Waals surface area contributed by atoms with Gasteiger partial charge in [-0.15, -0.1) is 0 Å². The van der Waals surface area contributed by atoms with Crippen LogP contribution in [0.5, 0.6) is 0 Å². The van der Waals surface area contributed by atoms with Gasteiger partial charge in [0.25, 0.3) is 0 Å². The van der Waals surface area contributed by atoms with Gasteiger partial charge in [-0.25, -0.2) is 0 Å². The van der Waals surface area contributed by atoms with Crippen molar-refractivity contribution in [3.8, 4) is 0 Å². The fourth-order valence-electron chi connectivity index (χ4n) is 2.92. The van der Waals surface area contributed by atoms with Gasteiger partial charge in [0.15, 0.2) is 0 Å². The zero-order valence-electron chi connectivity index (χ0n) is 12.1. The Bertz CT molecular complexity index is 709. The van der Waals surface area contributed by atoms with Gasteiger partial charge >= 0.3 is 0 Å². The van der Waals surface area contributed by atoms with Crippen molar-refractivity contribution in [1.29, 1.82) is 0 Å². The highest BCUT2D eigenvalue weighted by atomic mass is 16.1. The Morgan fingerprint density at radius 1 is 1.14 bits per heavy atom. The molecule has 0 unspecified atom stereocenters. The van der Waals surface area contributed by atoms with Gasteiger partial charge in [-0.05, 0) is 60.4 Å². The number of benzene rings is 2. The van der Waals surface area contributed by atoms with E-state index < -0.39 is 0 Å². The summed E-state index contributed by atoms with van der Waals surface area (Å²) in [6.45, 7) is 3.72. The minimum absolute atomic E-state index is 0.379. The third-order valence-corrected chi connectivity index (χ3v) is 4.08. The molecule has 2 aromatic rings. The predicted molar refractivity (Wildman–Crippen MR) is 85.3 cm³/mol. The van der Waals surface area contributed by atoms with Gasteiger partial charge in [0.05, 0.1) is 0 Å². The standard InChI is InChI=1S/C17H19N3O/c1-11-8-15(4-5-16(11)17(19)21)20-7-6-12-2-3-14(18)9-13(12)10-20/h2-5,8-9H,6-7,10,18H2,1H3,(H2,19,21). The summed E-state index contributed by atoms with van der Waals surface area (Å²) in [4.78, 5) is 13.6. The van der Waals surface area contributed by atoms with E-state index in [4.69, 9.17) is 11.5 Å². The third kappa shape index (κ3) is 2.57. The molecule has 1 aliphatic heterocycles. The second-order valence-electron chi connectivity index (χ2n) is 5.56. The van der Waals surface area contributed by atoms with Crippen LogP contribution < -0.4 is 16.4 Å². The predicted octanol–water partition coefficient (Wildman–Crippen LogP) is 2.24. The first-order chi connectivity index (χ1) is 10.0. The molecule has 0 saturated heterocycles. The molecule has 0 aliphatic carbocycles. The molecule has 1 amide bonds. The summed E-state index contributed by atoms with van der Waals surface area (Å²) in [5.74, 6) is -0.379. The van der Waals surface area contributed by atoms with Crippen molar-refractivity contribution in [2.24, 2.45) is 5.73 Å². The van der Waals surface area contributed by atoms with Crippen LogP contribution in [0, 0.1) is 6.92 Å². The van der Waals surface area contributed by atoms with Crippen molar-refractivity contribution in [2.75, 3.05) is 17.2 Å². The van der Waals surface area contributed by atoms with Crippen LogP contribution in [0.4, 0.5) is 11.4 Å². The van der Waals surface area contributed by atoms with Crippen LogP contribution in [0.25, 0.3) is 0 Å². The number of nitrogen functional groups attached to an aromatic ring is 1. The highest BCUT2D eigenvalue weighted by Crippen LogP contribution is 2.27. The maximum atomic E-state index is 11.3. The normalized spacial score (nSPS) is 13.9. The Kier molecular flexibility index (Phi) is 3.29. The number of hydrogen-bond acceptors (Lipinski definition) is 3. The largest absolute Gasteiger partial charge is 0.399 e. The highest BCUT2D eigenvalue weighted by Gasteiger charge is 2.17. The van der Waals surface area contributed by atoms with Gasteiger partial charge < -0.3 is 16.4 Å². The second-order valence-corrected chi connectivity index (χ2v) is 5.56. The molecule has 4 N–H and O–H groups in total. The van der Waals surface area contributed by atoms with Crippen LogP contribution in [0.15, 0.2) is 36.4 Å². The van der Waals surface area contributed by atoms with Crippen LogP contribution in [-0.2, 0) is 13.0 Å². The Hall–Kier alpha value is -2.49. The summed E-state index contributed by atoms with van der Waals surface area (Å²) < 4.78 is 0. The Labute approximate surface area is 124 Å². The summed E-state index contributed by atoms with van der Waals surface area (Å²) in [6.07, 6.45) is 1.01. The fraction of sp³-hybridized carbons (Fsp3) is 0.235. The number of carbonyl (C=O) groups excluding carboxylic acids is 1. The SMILES string of the molecule is Cc1cc(N2CCc3ccc(N)cc3C2)ccc1C(N)=O. The number of carbonyl (C=O) groups is 1. The van der Waals surface area contributed by atoms with E-state index in [9.17, 15) is 4.79 Å². The number of rotatable bonds is 2. The van der Waals surface area contributed by atoms with Crippen molar-refractivity contribution in [1.82, 2.24) is 0 Å². The van der Waals surface area contributed by atoms with Crippen LogP contribution in [0.3, 0.4) is 0 Å². The van der Waals surface area contributed by atoms with Crippen molar-refractivity contribution in [3.63, 3.8) is 0 Å². The lowest BCUT2D eigenvalue weighted by molar-refractivity contribution is 0.0999. The first kappa shape index (κ1) is 13.5. The Morgan fingerprint density at radius 3 is 2.67 bits per heavy atom. The number of anilines is 2. The molecule has 4 heteroatoms. The second kappa shape index (κ2) is 5.13. The monoisotopic (exact) mass is 281 g/mol. The van der Waals surface area contributed by atoms with E-state index in [0.29, 0.717) is 5.56 Å². The lowest BCUT2D eigenvalue weighted by Crippen LogP contribution is -2.30. The van der Waals surface area contributed by atoms with Gasteiger partial charge in [0.2, 0.25) is 5.91 Å². The molecule has 1 aliphatic rings. The zero-order chi connectivity index (χ0) is 15.0. The minimum atomic E-state index is -0.379. The van der Waals surface area contributed by atoms with Crippen LogP contribution in [0.1, 0.15) is 27.0 Å². The molecular formula is C17H19N3O. The van der Waals surface area contributed by atoms with Gasteiger partial charge in [-0.3, -0.25) is 4.79 Å². The van der Waals surface area contributed by atoms with E-state index in [1.54, 1.807) is 0 Å². The average molecular weight is 281 g/mol. The number of nitrogens with zero attached hydrogens (tertiary/aromatic N) is 1. The number of fused-ring (bicyclic) bond motifs is 1. The molecule has 21 heavy (non-hydrogen) atoms. The Morgan fingerprint density at radius 2 is 1.95 bits per heavy atom. The first-order valence-corrected chi connectivity index (χ1v) is 7.07. The quantitative estimate of drug-likeness (QED) is 0.829. The molecule has 3 rings (SSSR count). The number of nitrogens with two attached hydrogens (primary N) is 2. The van der Waals surface area contributed by atoms with E-state index in [1.807, 2.05) is 37.3 Å². The highest BCUT2D eigenvalue weighted by molar-refractivity contribution is 5.94. The summed E-state index contributed by atoms with van der Waals surface area (Å²) >= 11 is 0. The maximum Gasteiger partial charge on any atom is 0.248 e. The maximum absolute atomic E-state index is 11.3. The van der Waals surface area contributed by atoms with E-state index in [2.05, 4.69) is 11.0 Å². The molecular weight excluding hydrogens is 262 g/mol. The van der Waals surface area contributed by atoms with E-state index >= 15 is 0 Å². The minimum Gasteiger partial charge on any atom is -0.399 e. The van der Waals surface area contributed by atoms with Gasteiger partial charge in [0, 0.05) is 30.0 Å². The molecule has 0 fully saturated rings. The number of primary amides is 1. The van der Waals surface area contributed by atoms with Crippen molar-refractivity contribution < 1.29 is 4.79 Å². The summed E-state index contributed by atoms with van der Waals surface area (Å²) in [5.41, 5.74) is 17.3. The molecule has 0 saturated carbocycles. The van der Waals surface area contributed by atoms with Crippen LogP contribution in [0.2, 0.25) is 0 Å². The van der Waals surface area contributed by atoms with E-state index in [0.717, 1.165) is 36.4 Å². The smallest absolute Gasteiger partial charge is 0.248 e. The van der Waals surface area contributed by atoms with Crippen molar-refractivity contribution in [3.05, 3.63) is 58.7 Å². The van der Waals surface area contributed by atoms with Gasteiger partial charge in [0.1, 0.15) is 0 Å². The molecule has 2 aromatic carbocycles. The summed E-state index contributed by atoms with van der Waals surface area (Å²) in [7, 11) is 0. The number of hydrogen-bond donors (Lipinski definition) is 2. The first-order valence-electron chi connectivity index (χ1n) is 7.07. The van der Waals surface area contributed by atoms with E-state index in [1.165, 1.54) is 11.1 Å².